The standard InChI is InChI=1S/C14H12O3/c1-2-4-9(5-3-1)12-8-10-6-7-11-14(15-11)13(10)17-16-12/h1-8,11-14H/t11-,12+,13-,14-/m0/s1. The number of ether oxygens (including phenoxy) is 1. The molecular formula is C14H12O3. The Hall–Kier alpha value is -1.42. The zero-order valence-electron chi connectivity index (χ0n) is 9.15. The van der Waals surface area contributed by atoms with Crippen molar-refractivity contribution in [1.82, 2.24) is 0 Å². The maximum atomic E-state index is 5.46. The van der Waals surface area contributed by atoms with Gasteiger partial charge in [-0.2, -0.15) is 0 Å². The highest BCUT2D eigenvalue weighted by atomic mass is 17.2. The van der Waals surface area contributed by atoms with E-state index in [-0.39, 0.29) is 24.4 Å². The molecule has 86 valence electrons. The van der Waals surface area contributed by atoms with Crippen LogP contribution in [0.15, 0.2) is 54.1 Å². The summed E-state index contributed by atoms with van der Waals surface area (Å²) in [6, 6.07) is 10.1. The van der Waals surface area contributed by atoms with Gasteiger partial charge in [-0.15, -0.1) is 0 Å². The third-order valence-electron chi connectivity index (χ3n) is 3.40. The van der Waals surface area contributed by atoms with Crippen molar-refractivity contribution in [3.63, 3.8) is 0 Å². The summed E-state index contributed by atoms with van der Waals surface area (Å²) in [4.78, 5) is 10.9. The molecule has 3 heteroatoms. The van der Waals surface area contributed by atoms with Crippen LogP contribution in [0.3, 0.4) is 0 Å². The monoisotopic (exact) mass is 228 g/mol. The molecule has 0 radical (unpaired) electrons. The van der Waals surface area contributed by atoms with Crippen LogP contribution in [0.5, 0.6) is 0 Å². The molecule has 0 saturated carbocycles. The van der Waals surface area contributed by atoms with E-state index in [2.05, 4.69) is 18.2 Å². The van der Waals surface area contributed by atoms with Crippen molar-refractivity contribution in [3.8, 4) is 0 Å². The van der Waals surface area contributed by atoms with Crippen LogP contribution >= 0.6 is 0 Å². The van der Waals surface area contributed by atoms with Crippen molar-refractivity contribution in [3.05, 3.63) is 59.7 Å². The highest BCUT2D eigenvalue weighted by Gasteiger charge is 2.49. The van der Waals surface area contributed by atoms with Gasteiger partial charge in [0.15, 0.2) is 0 Å². The smallest absolute Gasteiger partial charge is 0.147 e. The lowest BCUT2D eigenvalue weighted by Crippen LogP contribution is -2.30. The van der Waals surface area contributed by atoms with Crippen LogP contribution in [-0.2, 0) is 14.5 Å². The lowest BCUT2D eigenvalue weighted by atomic mass is 9.95. The van der Waals surface area contributed by atoms with E-state index >= 15 is 0 Å². The molecule has 0 unspecified atom stereocenters. The molecule has 0 bridgehead atoms. The van der Waals surface area contributed by atoms with Crippen LogP contribution in [0.25, 0.3) is 0 Å². The van der Waals surface area contributed by atoms with Crippen LogP contribution in [0, 0.1) is 0 Å². The van der Waals surface area contributed by atoms with Crippen LogP contribution in [0.2, 0.25) is 0 Å². The van der Waals surface area contributed by atoms with Gasteiger partial charge in [0.05, 0.1) is 0 Å². The molecule has 1 saturated heterocycles. The molecular weight excluding hydrogens is 216 g/mol. The summed E-state index contributed by atoms with van der Waals surface area (Å²) in [5.41, 5.74) is 2.26. The Morgan fingerprint density at radius 1 is 1.00 bits per heavy atom. The molecule has 4 rings (SSSR count). The topological polar surface area (TPSA) is 31.0 Å². The van der Waals surface area contributed by atoms with Gasteiger partial charge in [0.2, 0.25) is 0 Å². The van der Waals surface area contributed by atoms with E-state index in [1.54, 1.807) is 0 Å². The van der Waals surface area contributed by atoms with Crippen molar-refractivity contribution < 1.29 is 14.5 Å². The number of hydrogen-bond donors (Lipinski definition) is 0. The van der Waals surface area contributed by atoms with Gasteiger partial charge in [0.25, 0.3) is 0 Å². The van der Waals surface area contributed by atoms with Crippen molar-refractivity contribution in [2.75, 3.05) is 0 Å². The first-order valence-corrected chi connectivity index (χ1v) is 5.84. The van der Waals surface area contributed by atoms with Gasteiger partial charge in [0, 0.05) is 0 Å². The molecule has 4 atom stereocenters. The predicted molar refractivity (Wildman–Crippen MR) is 61.0 cm³/mol. The van der Waals surface area contributed by atoms with E-state index in [0.717, 1.165) is 11.1 Å². The molecule has 1 aliphatic carbocycles. The lowest BCUT2D eigenvalue weighted by Gasteiger charge is -2.27. The molecule has 1 fully saturated rings. The Morgan fingerprint density at radius 2 is 1.88 bits per heavy atom. The van der Waals surface area contributed by atoms with Crippen molar-refractivity contribution >= 4 is 0 Å². The number of hydrogen-bond acceptors (Lipinski definition) is 3. The Bertz CT molecular complexity index is 491. The molecule has 0 amide bonds. The molecule has 1 aromatic rings. The molecule has 3 nitrogen and oxygen atoms in total. The zero-order valence-corrected chi connectivity index (χ0v) is 9.15. The number of epoxide rings is 1. The fraction of sp³-hybridized carbons (Fsp3) is 0.286. The van der Waals surface area contributed by atoms with Gasteiger partial charge < -0.3 is 4.74 Å². The maximum absolute atomic E-state index is 5.46. The predicted octanol–water partition coefficient (Wildman–Crippen LogP) is 2.32. The summed E-state index contributed by atoms with van der Waals surface area (Å²) in [6.07, 6.45) is 6.49. The maximum Gasteiger partial charge on any atom is 0.147 e. The van der Waals surface area contributed by atoms with Gasteiger partial charge in [0.1, 0.15) is 24.4 Å². The Morgan fingerprint density at radius 3 is 2.76 bits per heavy atom. The summed E-state index contributed by atoms with van der Waals surface area (Å²) >= 11 is 0. The van der Waals surface area contributed by atoms with Gasteiger partial charge in [-0.1, -0.05) is 42.5 Å². The van der Waals surface area contributed by atoms with E-state index in [9.17, 15) is 0 Å². The summed E-state index contributed by atoms with van der Waals surface area (Å²) in [6.45, 7) is 0. The van der Waals surface area contributed by atoms with E-state index < -0.39 is 0 Å². The third-order valence-corrected chi connectivity index (χ3v) is 3.40. The summed E-state index contributed by atoms with van der Waals surface area (Å²) in [5.74, 6) is 0. The quantitative estimate of drug-likeness (QED) is 0.546. The van der Waals surface area contributed by atoms with Crippen LogP contribution < -0.4 is 0 Å². The van der Waals surface area contributed by atoms with E-state index in [1.807, 2.05) is 30.3 Å². The molecule has 3 aliphatic rings. The highest BCUT2D eigenvalue weighted by Crippen LogP contribution is 2.41. The first-order valence-electron chi connectivity index (χ1n) is 5.84. The molecule has 2 heterocycles. The zero-order chi connectivity index (χ0) is 11.2. The van der Waals surface area contributed by atoms with Gasteiger partial charge in [-0.25, -0.2) is 9.78 Å². The van der Waals surface area contributed by atoms with Crippen molar-refractivity contribution in [1.29, 1.82) is 0 Å². The minimum Gasteiger partial charge on any atom is -0.362 e. The van der Waals surface area contributed by atoms with E-state index in [0.29, 0.717) is 0 Å². The largest absolute Gasteiger partial charge is 0.362 e. The van der Waals surface area contributed by atoms with Crippen LogP contribution in [0.1, 0.15) is 11.7 Å². The van der Waals surface area contributed by atoms with Gasteiger partial charge >= 0.3 is 0 Å². The fourth-order valence-electron chi connectivity index (χ4n) is 2.40. The molecule has 2 aliphatic heterocycles. The van der Waals surface area contributed by atoms with Crippen molar-refractivity contribution in [2.24, 2.45) is 0 Å². The van der Waals surface area contributed by atoms with E-state index in [4.69, 9.17) is 14.5 Å². The minimum absolute atomic E-state index is 0.0510. The average molecular weight is 228 g/mol. The molecule has 0 N–H and O–H groups in total. The van der Waals surface area contributed by atoms with Gasteiger partial charge in [-0.05, 0) is 17.2 Å². The second-order valence-electron chi connectivity index (χ2n) is 4.54. The number of fused-ring (bicyclic) bond motifs is 3. The summed E-state index contributed by atoms with van der Waals surface area (Å²) in [5, 5.41) is 0. The molecule has 17 heavy (non-hydrogen) atoms. The minimum atomic E-state index is -0.123. The van der Waals surface area contributed by atoms with Gasteiger partial charge in [-0.3, -0.25) is 0 Å². The average Bonchev–Trinajstić information content (AvgIpc) is 3.19. The Kier molecular flexibility index (Phi) is 1.99. The fourth-order valence-corrected chi connectivity index (χ4v) is 2.40. The highest BCUT2D eigenvalue weighted by molar-refractivity contribution is 5.37. The molecule has 0 spiro atoms. The normalized spacial score (nSPS) is 38.0. The second-order valence-corrected chi connectivity index (χ2v) is 4.54. The second kappa shape index (κ2) is 3.53. The first kappa shape index (κ1) is 9.59. The lowest BCUT2D eigenvalue weighted by molar-refractivity contribution is -0.347. The number of rotatable bonds is 1. The molecule has 0 aromatic heterocycles. The van der Waals surface area contributed by atoms with Crippen LogP contribution in [0.4, 0.5) is 0 Å². The Labute approximate surface area is 99.2 Å². The third kappa shape index (κ3) is 1.55. The first-order chi connectivity index (χ1) is 8.42. The number of benzene rings is 1. The SMILES string of the molecule is C1=C[C@@H]2O[C@@H]2[C@H]2OO[C@@H](c3ccccc3)C=C12. The van der Waals surface area contributed by atoms with Crippen LogP contribution in [-0.4, -0.2) is 18.3 Å². The summed E-state index contributed by atoms with van der Waals surface area (Å²) in [7, 11) is 0. The van der Waals surface area contributed by atoms with Crippen molar-refractivity contribution in [2.45, 2.75) is 24.4 Å². The summed E-state index contributed by atoms with van der Waals surface area (Å²) < 4.78 is 5.46. The van der Waals surface area contributed by atoms with E-state index in [1.165, 1.54) is 0 Å². The Balaban J connectivity index is 1.67. The molecule has 1 aromatic carbocycles.